The smallest absolute Gasteiger partial charge is 0.237 e. The first kappa shape index (κ1) is 13.6. The SMILES string of the molecule is CC[C@H](C)[C@H](N)C(=O)NCc1ccnc(C)n1. The van der Waals surface area contributed by atoms with E-state index < -0.39 is 6.04 Å². The van der Waals surface area contributed by atoms with Gasteiger partial charge in [0.2, 0.25) is 5.91 Å². The van der Waals surface area contributed by atoms with E-state index in [1.807, 2.05) is 20.8 Å². The lowest BCUT2D eigenvalue weighted by Gasteiger charge is -2.17. The summed E-state index contributed by atoms with van der Waals surface area (Å²) in [5.41, 5.74) is 6.61. The fourth-order valence-electron chi connectivity index (χ4n) is 1.41. The Bertz CT molecular complexity index is 381. The molecule has 1 rings (SSSR count). The van der Waals surface area contributed by atoms with E-state index in [0.29, 0.717) is 12.4 Å². The van der Waals surface area contributed by atoms with E-state index in [0.717, 1.165) is 12.1 Å². The molecule has 0 aliphatic rings. The molecule has 1 aromatic heterocycles. The Kier molecular flexibility index (Phi) is 5.03. The number of rotatable bonds is 5. The highest BCUT2D eigenvalue weighted by molar-refractivity contribution is 5.81. The number of aromatic nitrogens is 2. The minimum atomic E-state index is -0.456. The van der Waals surface area contributed by atoms with E-state index in [2.05, 4.69) is 15.3 Å². The molecule has 1 amide bonds. The van der Waals surface area contributed by atoms with Crippen LogP contribution in [0.4, 0.5) is 0 Å². The first-order valence-corrected chi connectivity index (χ1v) is 5.86. The van der Waals surface area contributed by atoms with Crippen molar-refractivity contribution in [1.29, 1.82) is 0 Å². The van der Waals surface area contributed by atoms with Gasteiger partial charge >= 0.3 is 0 Å². The van der Waals surface area contributed by atoms with Crippen LogP contribution in [-0.2, 0) is 11.3 Å². The highest BCUT2D eigenvalue weighted by Crippen LogP contribution is 2.05. The van der Waals surface area contributed by atoms with Crippen LogP contribution in [0.2, 0.25) is 0 Å². The first-order valence-electron chi connectivity index (χ1n) is 5.86. The number of amides is 1. The first-order chi connectivity index (χ1) is 8.04. The largest absolute Gasteiger partial charge is 0.349 e. The van der Waals surface area contributed by atoms with Gasteiger partial charge in [-0.05, 0) is 18.9 Å². The molecule has 0 saturated carbocycles. The molecule has 0 spiro atoms. The number of nitrogens with two attached hydrogens (primary N) is 1. The molecule has 3 N–H and O–H groups in total. The maximum absolute atomic E-state index is 11.7. The lowest BCUT2D eigenvalue weighted by atomic mass is 9.99. The fraction of sp³-hybridized carbons (Fsp3) is 0.583. The molecule has 5 nitrogen and oxygen atoms in total. The molecule has 0 aliphatic carbocycles. The van der Waals surface area contributed by atoms with E-state index in [-0.39, 0.29) is 11.8 Å². The van der Waals surface area contributed by atoms with Crippen LogP contribution >= 0.6 is 0 Å². The van der Waals surface area contributed by atoms with Gasteiger partial charge in [-0.25, -0.2) is 9.97 Å². The molecule has 0 bridgehead atoms. The van der Waals surface area contributed by atoms with E-state index in [1.54, 1.807) is 12.3 Å². The quantitative estimate of drug-likeness (QED) is 0.791. The standard InChI is InChI=1S/C12H20N4O/c1-4-8(2)11(13)12(17)15-7-10-5-6-14-9(3)16-10/h5-6,8,11H,4,7,13H2,1-3H3,(H,15,17)/t8-,11-/m0/s1. The predicted molar refractivity (Wildman–Crippen MR) is 66.0 cm³/mol. The molecular weight excluding hydrogens is 216 g/mol. The van der Waals surface area contributed by atoms with Gasteiger partial charge in [0, 0.05) is 6.20 Å². The van der Waals surface area contributed by atoms with Crippen molar-refractivity contribution in [3.63, 3.8) is 0 Å². The van der Waals surface area contributed by atoms with Crippen LogP contribution in [0, 0.1) is 12.8 Å². The summed E-state index contributed by atoms with van der Waals surface area (Å²) in [6, 6.07) is 1.32. The van der Waals surface area contributed by atoms with Crippen molar-refractivity contribution in [2.24, 2.45) is 11.7 Å². The van der Waals surface area contributed by atoms with Crippen LogP contribution in [0.5, 0.6) is 0 Å². The molecule has 17 heavy (non-hydrogen) atoms. The molecule has 2 atom stereocenters. The van der Waals surface area contributed by atoms with Crippen LogP contribution < -0.4 is 11.1 Å². The lowest BCUT2D eigenvalue weighted by Crippen LogP contribution is -2.44. The Morgan fingerprint density at radius 1 is 1.59 bits per heavy atom. The topological polar surface area (TPSA) is 80.9 Å². The third kappa shape index (κ3) is 4.11. The third-order valence-electron chi connectivity index (χ3n) is 2.84. The minimum Gasteiger partial charge on any atom is -0.349 e. The molecular formula is C12H20N4O. The van der Waals surface area contributed by atoms with Crippen molar-refractivity contribution in [3.05, 3.63) is 23.8 Å². The molecule has 5 heteroatoms. The van der Waals surface area contributed by atoms with Crippen molar-refractivity contribution in [3.8, 4) is 0 Å². The van der Waals surface area contributed by atoms with E-state index >= 15 is 0 Å². The summed E-state index contributed by atoms with van der Waals surface area (Å²) < 4.78 is 0. The van der Waals surface area contributed by atoms with Crippen LogP contribution in [0.25, 0.3) is 0 Å². The summed E-state index contributed by atoms with van der Waals surface area (Å²) in [7, 11) is 0. The maximum Gasteiger partial charge on any atom is 0.237 e. The molecule has 0 radical (unpaired) electrons. The Hall–Kier alpha value is -1.49. The van der Waals surface area contributed by atoms with Gasteiger partial charge in [-0.2, -0.15) is 0 Å². The molecule has 0 aliphatic heterocycles. The third-order valence-corrected chi connectivity index (χ3v) is 2.84. The number of carbonyl (C=O) groups excluding carboxylic acids is 1. The number of hydrogen-bond donors (Lipinski definition) is 2. The van der Waals surface area contributed by atoms with Crippen molar-refractivity contribution in [2.45, 2.75) is 39.8 Å². The summed E-state index contributed by atoms with van der Waals surface area (Å²) in [6.45, 7) is 6.20. The Morgan fingerprint density at radius 2 is 2.29 bits per heavy atom. The van der Waals surface area contributed by atoms with Gasteiger partial charge in [-0.15, -0.1) is 0 Å². The van der Waals surface area contributed by atoms with Crippen LogP contribution in [0.15, 0.2) is 12.3 Å². The van der Waals surface area contributed by atoms with Gasteiger partial charge in [0.1, 0.15) is 5.82 Å². The Morgan fingerprint density at radius 3 is 2.88 bits per heavy atom. The van der Waals surface area contributed by atoms with Crippen molar-refractivity contribution in [2.75, 3.05) is 0 Å². The van der Waals surface area contributed by atoms with Gasteiger partial charge in [-0.1, -0.05) is 20.3 Å². The number of hydrogen-bond acceptors (Lipinski definition) is 4. The predicted octanol–water partition coefficient (Wildman–Crippen LogP) is 0.775. The zero-order valence-corrected chi connectivity index (χ0v) is 10.6. The zero-order chi connectivity index (χ0) is 12.8. The number of aryl methyl sites for hydroxylation is 1. The van der Waals surface area contributed by atoms with Gasteiger partial charge in [-0.3, -0.25) is 4.79 Å². The maximum atomic E-state index is 11.7. The highest BCUT2D eigenvalue weighted by Gasteiger charge is 2.18. The van der Waals surface area contributed by atoms with Crippen molar-refractivity contribution >= 4 is 5.91 Å². The average molecular weight is 236 g/mol. The molecule has 0 aromatic carbocycles. The summed E-state index contributed by atoms with van der Waals surface area (Å²) in [4.78, 5) is 19.9. The summed E-state index contributed by atoms with van der Waals surface area (Å²) in [5.74, 6) is 0.751. The molecule has 0 saturated heterocycles. The summed E-state index contributed by atoms with van der Waals surface area (Å²) >= 11 is 0. The van der Waals surface area contributed by atoms with E-state index in [4.69, 9.17) is 5.73 Å². The average Bonchev–Trinajstić information content (AvgIpc) is 2.34. The second-order valence-electron chi connectivity index (χ2n) is 4.22. The van der Waals surface area contributed by atoms with E-state index in [1.165, 1.54) is 0 Å². The van der Waals surface area contributed by atoms with Gasteiger partial charge in [0.05, 0.1) is 18.3 Å². The number of nitrogens with one attached hydrogen (secondary N) is 1. The highest BCUT2D eigenvalue weighted by atomic mass is 16.2. The van der Waals surface area contributed by atoms with Crippen molar-refractivity contribution < 1.29 is 4.79 Å². The molecule has 94 valence electrons. The van der Waals surface area contributed by atoms with Gasteiger partial charge in [0.25, 0.3) is 0 Å². The number of carbonyl (C=O) groups is 1. The van der Waals surface area contributed by atoms with Crippen LogP contribution in [0.3, 0.4) is 0 Å². The zero-order valence-electron chi connectivity index (χ0n) is 10.6. The van der Waals surface area contributed by atoms with Crippen LogP contribution in [0.1, 0.15) is 31.8 Å². The fourth-order valence-corrected chi connectivity index (χ4v) is 1.41. The monoisotopic (exact) mass is 236 g/mol. The Labute approximate surface area is 102 Å². The van der Waals surface area contributed by atoms with Gasteiger partial charge < -0.3 is 11.1 Å². The summed E-state index contributed by atoms with van der Waals surface area (Å²) in [5, 5.41) is 2.79. The van der Waals surface area contributed by atoms with E-state index in [9.17, 15) is 4.79 Å². The molecule has 1 heterocycles. The second-order valence-corrected chi connectivity index (χ2v) is 4.22. The molecule has 0 unspecified atom stereocenters. The van der Waals surface area contributed by atoms with Crippen LogP contribution in [-0.4, -0.2) is 21.9 Å². The van der Waals surface area contributed by atoms with Gasteiger partial charge in [0.15, 0.2) is 0 Å². The summed E-state index contributed by atoms with van der Waals surface area (Å²) in [6.07, 6.45) is 2.57. The Balaban J connectivity index is 2.48. The van der Waals surface area contributed by atoms with Crippen molar-refractivity contribution in [1.82, 2.24) is 15.3 Å². The normalized spacial score (nSPS) is 14.1. The minimum absolute atomic E-state index is 0.129. The molecule has 1 aromatic rings. The lowest BCUT2D eigenvalue weighted by molar-refractivity contribution is -0.123. The molecule has 0 fully saturated rings. The number of nitrogens with zero attached hydrogens (tertiary/aromatic N) is 2. The second kappa shape index (κ2) is 6.30.